The molecule has 0 bridgehead atoms. The number of ether oxygens (including phenoxy) is 1. The van der Waals surface area contributed by atoms with E-state index in [1.54, 1.807) is 0 Å². The highest BCUT2D eigenvalue weighted by Gasteiger charge is 2.27. The third kappa shape index (κ3) is 5.71. The van der Waals surface area contributed by atoms with Crippen LogP contribution in [0.2, 0.25) is 0 Å². The van der Waals surface area contributed by atoms with E-state index in [9.17, 15) is 0 Å². The average molecular weight is 491 g/mol. The third-order valence-corrected chi connectivity index (χ3v) is 5.30. The Hall–Kier alpha value is -1.07. The molecule has 1 unspecified atom stereocenters. The van der Waals surface area contributed by atoms with Gasteiger partial charge in [-0.25, -0.2) is 4.98 Å². The molecule has 1 aromatic heterocycles. The summed E-state index contributed by atoms with van der Waals surface area (Å²) in [6.45, 7) is 7.93. The highest BCUT2D eigenvalue weighted by Crippen LogP contribution is 2.18. The molecule has 0 aromatic carbocycles. The van der Waals surface area contributed by atoms with E-state index < -0.39 is 0 Å². The molecular formula is C18H34IN7O. The SMILES string of the molecule is CN=C(NCc1cnc(N(C)C)n1C)N1CCC(CN2CCOCC2)C1.I. The Morgan fingerprint density at radius 1 is 1.33 bits per heavy atom. The van der Waals surface area contributed by atoms with E-state index in [4.69, 9.17) is 4.74 Å². The molecule has 0 radical (unpaired) electrons. The Balaban J connectivity index is 0.00000261. The van der Waals surface area contributed by atoms with Crippen molar-refractivity contribution in [2.24, 2.45) is 18.0 Å². The minimum Gasteiger partial charge on any atom is -0.379 e. The van der Waals surface area contributed by atoms with Crippen LogP contribution >= 0.6 is 24.0 Å². The number of hydrogen-bond acceptors (Lipinski definition) is 5. The minimum absolute atomic E-state index is 0. The van der Waals surface area contributed by atoms with Crippen molar-refractivity contribution in [2.45, 2.75) is 13.0 Å². The lowest BCUT2D eigenvalue weighted by Crippen LogP contribution is -2.42. The molecular weight excluding hydrogens is 457 g/mol. The van der Waals surface area contributed by atoms with Gasteiger partial charge in [-0.05, 0) is 12.3 Å². The number of rotatable bonds is 5. The van der Waals surface area contributed by atoms with E-state index in [1.165, 1.54) is 13.0 Å². The van der Waals surface area contributed by atoms with Crippen LogP contribution < -0.4 is 10.2 Å². The van der Waals surface area contributed by atoms with E-state index in [0.29, 0.717) is 5.92 Å². The molecule has 3 rings (SSSR count). The Bertz CT molecular complexity index is 613. The zero-order chi connectivity index (χ0) is 18.5. The Morgan fingerprint density at radius 2 is 2.07 bits per heavy atom. The molecule has 8 nitrogen and oxygen atoms in total. The summed E-state index contributed by atoms with van der Waals surface area (Å²) in [4.78, 5) is 15.9. The normalized spacial score (nSPS) is 21.3. The average Bonchev–Trinajstić information content (AvgIpc) is 3.24. The lowest BCUT2D eigenvalue weighted by Gasteiger charge is -2.29. The van der Waals surface area contributed by atoms with Crippen molar-refractivity contribution in [2.75, 3.05) is 72.0 Å². The number of hydrogen-bond donors (Lipinski definition) is 1. The van der Waals surface area contributed by atoms with Crippen LogP contribution in [0, 0.1) is 5.92 Å². The smallest absolute Gasteiger partial charge is 0.204 e. The van der Waals surface area contributed by atoms with Crippen LogP contribution in [0.4, 0.5) is 5.95 Å². The summed E-state index contributed by atoms with van der Waals surface area (Å²) >= 11 is 0. The summed E-state index contributed by atoms with van der Waals surface area (Å²) in [7, 11) is 7.94. The lowest BCUT2D eigenvalue weighted by atomic mass is 10.1. The van der Waals surface area contributed by atoms with Crippen LogP contribution in [0.1, 0.15) is 12.1 Å². The quantitative estimate of drug-likeness (QED) is 0.374. The van der Waals surface area contributed by atoms with E-state index in [1.807, 2.05) is 32.2 Å². The summed E-state index contributed by atoms with van der Waals surface area (Å²) in [5, 5.41) is 3.51. The van der Waals surface area contributed by atoms with Gasteiger partial charge in [0, 0.05) is 60.9 Å². The molecule has 2 aliphatic heterocycles. The van der Waals surface area contributed by atoms with Crippen LogP contribution in [-0.4, -0.2) is 92.4 Å². The number of likely N-dealkylation sites (tertiary alicyclic amines) is 1. The fourth-order valence-corrected chi connectivity index (χ4v) is 3.84. The van der Waals surface area contributed by atoms with Gasteiger partial charge in [-0.15, -0.1) is 24.0 Å². The van der Waals surface area contributed by atoms with E-state index in [2.05, 4.69) is 36.7 Å². The second-order valence-corrected chi connectivity index (χ2v) is 7.42. The molecule has 0 amide bonds. The standard InChI is InChI=1S/C18H33N7O.HI/c1-19-17(20-11-16-12-21-18(22(2)3)23(16)4)25-6-5-15(14-25)13-24-7-9-26-10-8-24;/h12,15H,5-11,13-14H2,1-4H3,(H,19,20);1H. The minimum atomic E-state index is 0. The number of morpholine rings is 1. The van der Waals surface area contributed by atoms with Crippen LogP contribution in [0.25, 0.3) is 0 Å². The van der Waals surface area contributed by atoms with Crippen LogP contribution in [0.3, 0.4) is 0 Å². The molecule has 2 fully saturated rings. The molecule has 0 spiro atoms. The van der Waals surface area contributed by atoms with Gasteiger partial charge >= 0.3 is 0 Å². The Kier molecular flexibility index (Phi) is 8.62. The molecule has 1 aromatic rings. The number of imidazole rings is 1. The summed E-state index contributed by atoms with van der Waals surface area (Å²) < 4.78 is 7.57. The third-order valence-electron chi connectivity index (χ3n) is 5.30. The van der Waals surface area contributed by atoms with Gasteiger partial charge in [-0.1, -0.05) is 0 Å². The zero-order valence-corrected chi connectivity index (χ0v) is 19.3. The molecule has 0 aliphatic carbocycles. The van der Waals surface area contributed by atoms with Gasteiger partial charge in [0.2, 0.25) is 5.95 Å². The number of guanidine groups is 1. The maximum Gasteiger partial charge on any atom is 0.204 e. The largest absolute Gasteiger partial charge is 0.379 e. The van der Waals surface area contributed by atoms with Crippen LogP contribution in [-0.2, 0) is 18.3 Å². The van der Waals surface area contributed by atoms with Crippen molar-refractivity contribution >= 4 is 35.9 Å². The molecule has 154 valence electrons. The number of nitrogens with one attached hydrogen (secondary N) is 1. The second kappa shape index (κ2) is 10.5. The van der Waals surface area contributed by atoms with Gasteiger partial charge < -0.3 is 24.4 Å². The summed E-state index contributed by atoms with van der Waals surface area (Å²) in [6, 6.07) is 0. The summed E-state index contributed by atoms with van der Waals surface area (Å²) in [6.07, 6.45) is 3.16. The van der Waals surface area contributed by atoms with Crippen molar-refractivity contribution < 1.29 is 4.74 Å². The summed E-state index contributed by atoms with van der Waals surface area (Å²) in [5.41, 5.74) is 1.15. The van der Waals surface area contributed by atoms with Crippen molar-refractivity contribution in [1.82, 2.24) is 24.7 Å². The lowest BCUT2D eigenvalue weighted by molar-refractivity contribution is 0.0315. The van der Waals surface area contributed by atoms with E-state index >= 15 is 0 Å². The molecule has 9 heteroatoms. The first-order chi connectivity index (χ1) is 12.6. The fourth-order valence-electron chi connectivity index (χ4n) is 3.84. The number of halogens is 1. The first-order valence-electron chi connectivity index (χ1n) is 9.52. The number of aromatic nitrogens is 2. The van der Waals surface area contributed by atoms with Crippen molar-refractivity contribution in [3.63, 3.8) is 0 Å². The molecule has 2 aliphatic rings. The zero-order valence-electron chi connectivity index (χ0n) is 17.0. The van der Waals surface area contributed by atoms with E-state index in [-0.39, 0.29) is 24.0 Å². The molecule has 1 atom stereocenters. The van der Waals surface area contributed by atoms with Crippen molar-refractivity contribution in [1.29, 1.82) is 0 Å². The van der Waals surface area contributed by atoms with Gasteiger partial charge in [-0.2, -0.15) is 0 Å². The highest BCUT2D eigenvalue weighted by molar-refractivity contribution is 14.0. The van der Waals surface area contributed by atoms with Gasteiger partial charge in [0.1, 0.15) is 0 Å². The number of aliphatic imine (C=N–C) groups is 1. The molecule has 1 N–H and O–H groups in total. The maximum absolute atomic E-state index is 5.45. The maximum atomic E-state index is 5.45. The number of nitrogens with zero attached hydrogens (tertiary/aromatic N) is 6. The predicted molar refractivity (Wildman–Crippen MR) is 120 cm³/mol. The second-order valence-electron chi connectivity index (χ2n) is 7.42. The Morgan fingerprint density at radius 3 is 2.70 bits per heavy atom. The number of anilines is 1. The molecule has 3 heterocycles. The summed E-state index contributed by atoms with van der Waals surface area (Å²) in [5.74, 6) is 2.66. The van der Waals surface area contributed by atoms with Crippen molar-refractivity contribution in [3.8, 4) is 0 Å². The van der Waals surface area contributed by atoms with Gasteiger partial charge in [0.25, 0.3) is 0 Å². The monoisotopic (exact) mass is 491 g/mol. The molecule has 27 heavy (non-hydrogen) atoms. The predicted octanol–water partition coefficient (Wildman–Crippen LogP) is 0.834. The first-order valence-corrected chi connectivity index (χ1v) is 9.52. The Labute approximate surface area is 180 Å². The van der Waals surface area contributed by atoms with Gasteiger partial charge in [0.15, 0.2) is 5.96 Å². The van der Waals surface area contributed by atoms with Crippen LogP contribution in [0.15, 0.2) is 11.2 Å². The highest BCUT2D eigenvalue weighted by atomic mass is 127. The van der Waals surface area contributed by atoms with Crippen molar-refractivity contribution in [3.05, 3.63) is 11.9 Å². The fraction of sp³-hybridized carbons (Fsp3) is 0.778. The van der Waals surface area contributed by atoms with Crippen LogP contribution in [0.5, 0.6) is 0 Å². The first kappa shape index (κ1) is 22.2. The van der Waals surface area contributed by atoms with Gasteiger partial charge in [0.05, 0.1) is 31.6 Å². The topological polar surface area (TPSA) is 61.2 Å². The van der Waals surface area contributed by atoms with E-state index in [0.717, 1.165) is 63.5 Å². The molecule has 2 saturated heterocycles. The molecule has 0 saturated carbocycles. The van der Waals surface area contributed by atoms with Gasteiger partial charge in [-0.3, -0.25) is 9.89 Å².